The normalized spacial score (nSPS) is 26.8. The fraction of sp³-hybridized carbons (Fsp3) is 0.600. The molecule has 1 aliphatic carbocycles. The molecule has 0 aromatic carbocycles. The summed E-state index contributed by atoms with van der Waals surface area (Å²) in [5.74, 6) is 0.902. The molecule has 3 heteroatoms. The van der Waals surface area contributed by atoms with Gasteiger partial charge in [-0.3, -0.25) is 9.97 Å². The van der Waals surface area contributed by atoms with Crippen LogP contribution in [0, 0.1) is 5.92 Å². The first-order chi connectivity index (χ1) is 6.34. The van der Waals surface area contributed by atoms with E-state index in [0.29, 0.717) is 6.04 Å². The first-order valence-electron chi connectivity index (χ1n) is 4.83. The summed E-state index contributed by atoms with van der Waals surface area (Å²) in [5.41, 5.74) is 1.03. The smallest absolute Gasteiger partial charge is 0.0724 e. The minimum Gasteiger partial charge on any atom is -0.308 e. The maximum atomic E-state index is 4.20. The lowest BCUT2D eigenvalue weighted by atomic mass is 9.82. The molecular formula is C10H15N3. The first kappa shape index (κ1) is 8.63. The molecule has 1 aromatic rings. The Labute approximate surface area is 78.6 Å². The van der Waals surface area contributed by atoms with Crippen molar-refractivity contribution in [3.05, 3.63) is 24.3 Å². The van der Waals surface area contributed by atoms with Gasteiger partial charge >= 0.3 is 0 Å². The molecule has 1 fully saturated rings. The molecule has 1 aromatic heterocycles. The maximum Gasteiger partial charge on any atom is 0.0724 e. The SMILES string of the molecule is CC1CC(NCc2cnccn2)C1. The van der Waals surface area contributed by atoms with Gasteiger partial charge in [-0.05, 0) is 18.8 Å². The Bertz CT molecular complexity index is 254. The molecule has 0 aliphatic heterocycles. The standard InChI is InChI=1S/C10H15N3/c1-8-4-9(5-8)13-7-10-6-11-2-3-12-10/h2-3,6,8-9,13H,4-5,7H2,1H3. The van der Waals surface area contributed by atoms with Crippen molar-refractivity contribution >= 4 is 0 Å². The monoisotopic (exact) mass is 177 g/mol. The Morgan fingerprint density at radius 3 is 2.92 bits per heavy atom. The first-order valence-corrected chi connectivity index (χ1v) is 4.83. The van der Waals surface area contributed by atoms with E-state index in [1.54, 1.807) is 12.4 Å². The summed E-state index contributed by atoms with van der Waals surface area (Å²) < 4.78 is 0. The molecule has 3 nitrogen and oxygen atoms in total. The Balaban J connectivity index is 1.74. The van der Waals surface area contributed by atoms with Crippen molar-refractivity contribution in [3.63, 3.8) is 0 Å². The molecule has 1 N–H and O–H groups in total. The number of aromatic nitrogens is 2. The Morgan fingerprint density at radius 2 is 2.31 bits per heavy atom. The summed E-state index contributed by atoms with van der Waals surface area (Å²) >= 11 is 0. The van der Waals surface area contributed by atoms with Crippen LogP contribution in [0.4, 0.5) is 0 Å². The second kappa shape index (κ2) is 3.83. The number of hydrogen-bond acceptors (Lipinski definition) is 3. The highest BCUT2D eigenvalue weighted by Crippen LogP contribution is 2.26. The molecule has 70 valence electrons. The average molecular weight is 177 g/mol. The zero-order valence-corrected chi connectivity index (χ0v) is 7.90. The molecule has 1 saturated carbocycles. The van der Waals surface area contributed by atoms with Crippen molar-refractivity contribution in [2.45, 2.75) is 32.4 Å². The average Bonchev–Trinajstić information content (AvgIpc) is 2.12. The van der Waals surface area contributed by atoms with Gasteiger partial charge in [-0.1, -0.05) is 6.92 Å². The van der Waals surface area contributed by atoms with Gasteiger partial charge in [0.25, 0.3) is 0 Å². The lowest BCUT2D eigenvalue weighted by Crippen LogP contribution is -2.39. The topological polar surface area (TPSA) is 37.8 Å². The van der Waals surface area contributed by atoms with E-state index in [1.807, 2.05) is 6.20 Å². The summed E-state index contributed by atoms with van der Waals surface area (Å²) in [6, 6.07) is 0.706. The molecule has 0 saturated heterocycles. The largest absolute Gasteiger partial charge is 0.308 e. The molecule has 0 amide bonds. The lowest BCUT2D eigenvalue weighted by molar-refractivity contribution is 0.239. The third-order valence-corrected chi connectivity index (χ3v) is 2.56. The molecule has 2 rings (SSSR count). The predicted octanol–water partition coefficient (Wildman–Crippen LogP) is 1.36. The second-order valence-corrected chi connectivity index (χ2v) is 3.85. The highest BCUT2D eigenvalue weighted by Gasteiger charge is 2.24. The van der Waals surface area contributed by atoms with E-state index in [4.69, 9.17) is 0 Å². The summed E-state index contributed by atoms with van der Waals surface area (Å²) in [6.45, 7) is 3.14. The van der Waals surface area contributed by atoms with Crippen LogP contribution in [0.2, 0.25) is 0 Å². The molecule has 1 heterocycles. The minimum atomic E-state index is 0.706. The maximum absolute atomic E-state index is 4.20. The van der Waals surface area contributed by atoms with E-state index in [9.17, 15) is 0 Å². The second-order valence-electron chi connectivity index (χ2n) is 3.85. The zero-order chi connectivity index (χ0) is 9.10. The van der Waals surface area contributed by atoms with Crippen molar-refractivity contribution in [1.82, 2.24) is 15.3 Å². The molecule has 1 aliphatic rings. The van der Waals surface area contributed by atoms with E-state index in [2.05, 4.69) is 22.2 Å². The van der Waals surface area contributed by atoms with Crippen LogP contribution in [0.1, 0.15) is 25.5 Å². The van der Waals surface area contributed by atoms with Crippen LogP contribution in [-0.2, 0) is 6.54 Å². The van der Waals surface area contributed by atoms with Gasteiger partial charge in [0.1, 0.15) is 0 Å². The highest BCUT2D eigenvalue weighted by atomic mass is 14.9. The molecular weight excluding hydrogens is 162 g/mol. The van der Waals surface area contributed by atoms with Crippen LogP contribution in [-0.4, -0.2) is 16.0 Å². The number of nitrogens with one attached hydrogen (secondary N) is 1. The third-order valence-electron chi connectivity index (χ3n) is 2.56. The predicted molar refractivity (Wildman–Crippen MR) is 51.1 cm³/mol. The summed E-state index contributed by atoms with van der Waals surface area (Å²) in [7, 11) is 0. The number of hydrogen-bond donors (Lipinski definition) is 1. The minimum absolute atomic E-state index is 0.706. The van der Waals surface area contributed by atoms with Crippen molar-refractivity contribution in [2.75, 3.05) is 0 Å². The lowest BCUT2D eigenvalue weighted by Gasteiger charge is -2.33. The van der Waals surface area contributed by atoms with Crippen molar-refractivity contribution < 1.29 is 0 Å². The van der Waals surface area contributed by atoms with Crippen LogP contribution >= 0.6 is 0 Å². The summed E-state index contributed by atoms with van der Waals surface area (Å²) in [4.78, 5) is 8.22. The summed E-state index contributed by atoms with van der Waals surface area (Å²) in [6.07, 6.45) is 7.87. The van der Waals surface area contributed by atoms with Crippen LogP contribution in [0.15, 0.2) is 18.6 Å². The fourth-order valence-corrected chi connectivity index (χ4v) is 1.74. The molecule has 13 heavy (non-hydrogen) atoms. The van der Waals surface area contributed by atoms with Gasteiger partial charge in [-0.2, -0.15) is 0 Å². The molecule has 0 radical (unpaired) electrons. The van der Waals surface area contributed by atoms with Crippen LogP contribution < -0.4 is 5.32 Å². The third kappa shape index (κ3) is 2.25. The Hall–Kier alpha value is -0.960. The van der Waals surface area contributed by atoms with Gasteiger partial charge in [-0.15, -0.1) is 0 Å². The van der Waals surface area contributed by atoms with Gasteiger partial charge in [0.05, 0.1) is 5.69 Å². The van der Waals surface area contributed by atoms with Crippen LogP contribution in [0.5, 0.6) is 0 Å². The van der Waals surface area contributed by atoms with E-state index >= 15 is 0 Å². The zero-order valence-electron chi connectivity index (χ0n) is 7.90. The molecule has 0 spiro atoms. The highest BCUT2D eigenvalue weighted by molar-refractivity contribution is 4.95. The van der Waals surface area contributed by atoms with E-state index in [-0.39, 0.29) is 0 Å². The van der Waals surface area contributed by atoms with Gasteiger partial charge in [-0.25, -0.2) is 0 Å². The van der Waals surface area contributed by atoms with Crippen molar-refractivity contribution in [2.24, 2.45) is 5.92 Å². The Morgan fingerprint density at radius 1 is 1.46 bits per heavy atom. The molecule has 0 unspecified atom stereocenters. The molecule has 0 atom stereocenters. The van der Waals surface area contributed by atoms with Gasteiger partial charge in [0.2, 0.25) is 0 Å². The molecule has 0 bridgehead atoms. The fourth-order valence-electron chi connectivity index (χ4n) is 1.74. The summed E-state index contributed by atoms with van der Waals surface area (Å²) in [5, 5.41) is 3.46. The van der Waals surface area contributed by atoms with Crippen LogP contribution in [0.25, 0.3) is 0 Å². The van der Waals surface area contributed by atoms with E-state index < -0.39 is 0 Å². The van der Waals surface area contributed by atoms with Gasteiger partial charge < -0.3 is 5.32 Å². The number of rotatable bonds is 3. The quantitative estimate of drug-likeness (QED) is 0.757. The van der Waals surface area contributed by atoms with E-state index in [0.717, 1.165) is 18.2 Å². The van der Waals surface area contributed by atoms with Gasteiger partial charge in [0.15, 0.2) is 0 Å². The van der Waals surface area contributed by atoms with Crippen molar-refractivity contribution in [1.29, 1.82) is 0 Å². The van der Waals surface area contributed by atoms with E-state index in [1.165, 1.54) is 12.8 Å². The van der Waals surface area contributed by atoms with Crippen LogP contribution in [0.3, 0.4) is 0 Å². The number of nitrogens with zero attached hydrogens (tertiary/aromatic N) is 2. The Kier molecular flexibility index (Phi) is 2.54. The van der Waals surface area contributed by atoms with Gasteiger partial charge in [0, 0.05) is 31.2 Å². The van der Waals surface area contributed by atoms with Crippen molar-refractivity contribution in [3.8, 4) is 0 Å².